The summed E-state index contributed by atoms with van der Waals surface area (Å²) in [6.07, 6.45) is 2.28. The smallest absolute Gasteiger partial charge is 0.243 e. The van der Waals surface area contributed by atoms with Crippen molar-refractivity contribution < 1.29 is 18.3 Å². The van der Waals surface area contributed by atoms with Crippen molar-refractivity contribution >= 4 is 44.7 Å². The van der Waals surface area contributed by atoms with Crippen LogP contribution in [0.1, 0.15) is 5.56 Å². The maximum atomic E-state index is 12.9. The molecule has 31 heavy (non-hydrogen) atoms. The quantitative estimate of drug-likeness (QED) is 0.327. The third-order valence-electron chi connectivity index (χ3n) is 4.40. The molecule has 0 fully saturated rings. The number of hydrogen-bond acceptors (Lipinski definition) is 7. The molecule has 0 aliphatic heterocycles. The maximum absolute atomic E-state index is 12.9. The molecule has 0 amide bonds. The second-order valence-electron chi connectivity index (χ2n) is 6.27. The number of alkyl halides is 2. The minimum absolute atomic E-state index is 0.0408. The molecule has 0 aliphatic carbocycles. The fourth-order valence-electron chi connectivity index (χ4n) is 3.10. The maximum Gasteiger partial charge on any atom is 0.243 e. The van der Waals surface area contributed by atoms with E-state index in [4.69, 9.17) is 9.47 Å². The highest BCUT2D eigenvalue weighted by Gasteiger charge is 2.20. The summed E-state index contributed by atoms with van der Waals surface area (Å²) in [5.41, 5.74) is 1.90. The lowest BCUT2D eigenvalue weighted by atomic mass is 10.2. The van der Waals surface area contributed by atoms with Gasteiger partial charge in [0.1, 0.15) is 5.69 Å². The van der Waals surface area contributed by atoms with E-state index in [0.29, 0.717) is 0 Å². The molecule has 1 aromatic carbocycles. The summed E-state index contributed by atoms with van der Waals surface area (Å²) >= 11 is 4.84. The number of nitrogens with one attached hydrogen (secondary N) is 2. The van der Waals surface area contributed by atoms with Crippen LogP contribution in [0.15, 0.2) is 46.2 Å². The summed E-state index contributed by atoms with van der Waals surface area (Å²) in [5.74, 6) is 0.258. The average Bonchev–Trinajstić information content (AvgIpc) is 3.42. The third kappa shape index (κ3) is 4.30. The van der Waals surface area contributed by atoms with Crippen molar-refractivity contribution in [1.82, 2.24) is 24.7 Å². The van der Waals surface area contributed by atoms with Gasteiger partial charge in [-0.2, -0.15) is 15.1 Å². The zero-order valence-corrected chi connectivity index (χ0v) is 18.8. The highest BCUT2D eigenvalue weighted by Crippen LogP contribution is 2.36. The van der Waals surface area contributed by atoms with Crippen LogP contribution in [0, 0.1) is 0 Å². The Bertz CT molecular complexity index is 1180. The van der Waals surface area contributed by atoms with Gasteiger partial charge in [-0.3, -0.25) is 4.72 Å². The van der Waals surface area contributed by atoms with E-state index in [1.54, 1.807) is 10.9 Å². The van der Waals surface area contributed by atoms with Gasteiger partial charge in [0.05, 0.1) is 30.2 Å². The number of nitrogens with zero attached hydrogens (tertiary/aromatic N) is 4. The molecule has 0 saturated carbocycles. The Morgan fingerprint density at radius 2 is 1.97 bits per heavy atom. The van der Waals surface area contributed by atoms with Crippen LogP contribution in [0.3, 0.4) is 0 Å². The molecular formula is C19H17BrF2N6O2S. The molecule has 0 spiro atoms. The van der Waals surface area contributed by atoms with E-state index < -0.39 is 12.8 Å². The topological polar surface area (TPSA) is 89.9 Å². The predicted molar refractivity (Wildman–Crippen MR) is 117 cm³/mol. The van der Waals surface area contributed by atoms with Gasteiger partial charge in [0, 0.05) is 34.9 Å². The van der Waals surface area contributed by atoms with Gasteiger partial charge in [-0.25, -0.2) is 13.5 Å². The summed E-state index contributed by atoms with van der Waals surface area (Å²) in [7, 11) is 2.73. The highest BCUT2D eigenvalue weighted by molar-refractivity contribution is 9.10. The number of methoxy groups -OCH3 is 2. The lowest BCUT2D eigenvalue weighted by Gasteiger charge is -2.13. The summed E-state index contributed by atoms with van der Waals surface area (Å²) in [6.45, 7) is 0. The van der Waals surface area contributed by atoms with Crippen molar-refractivity contribution in [3.05, 3.63) is 46.8 Å². The van der Waals surface area contributed by atoms with E-state index in [9.17, 15) is 8.78 Å². The number of hydrogen-bond donors (Lipinski definition) is 2. The van der Waals surface area contributed by atoms with Gasteiger partial charge in [0.15, 0.2) is 0 Å². The molecular weight excluding hydrogens is 494 g/mol. The van der Waals surface area contributed by atoms with Crippen LogP contribution in [0.5, 0.6) is 11.8 Å². The lowest BCUT2D eigenvalue weighted by molar-refractivity contribution is 0.146. The molecule has 0 bridgehead atoms. The Morgan fingerprint density at radius 3 is 2.58 bits per heavy atom. The number of anilines is 1. The van der Waals surface area contributed by atoms with Gasteiger partial charge in [-0.15, -0.1) is 0 Å². The molecule has 0 saturated heterocycles. The zero-order chi connectivity index (χ0) is 22.0. The Kier molecular flexibility index (Phi) is 6.28. The Morgan fingerprint density at radius 1 is 1.23 bits per heavy atom. The summed E-state index contributed by atoms with van der Waals surface area (Å²) in [4.78, 5) is 12.5. The molecule has 2 N–H and O–H groups in total. The van der Waals surface area contributed by atoms with Crippen LogP contribution < -0.4 is 14.2 Å². The van der Waals surface area contributed by atoms with Crippen LogP contribution in [-0.2, 0) is 6.42 Å². The second-order valence-corrected chi connectivity index (χ2v) is 7.97. The molecule has 0 radical (unpaired) electrons. The summed E-state index contributed by atoms with van der Waals surface area (Å²) in [5, 5.41) is 5.27. The molecule has 162 valence electrons. The summed E-state index contributed by atoms with van der Waals surface area (Å²) in [6, 6.07) is 5.76. The number of benzene rings is 1. The van der Waals surface area contributed by atoms with Crippen LogP contribution in [0.4, 0.5) is 14.7 Å². The average molecular weight is 511 g/mol. The van der Waals surface area contributed by atoms with E-state index in [0.717, 1.165) is 26.0 Å². The van der Waals surface area contributed by atoms with Crippen LogP contribution >= 0.6 is 27.9 Å². The fraction of sp³-hybridized carbons (Fsp3) is 0.211. The number of halogens is 3. The van der Waals surface area contributed by atoms with Gasteiger partial charge in [0.2, 0.25) is 24.1 Å². The number of H-pyrrole nitrogens is 1. The molecule has 0 aliphatic rings. The second kappa shape index (κ2) is 9.10. The Balaban J connectivity index is 1.63. The van der Waals surface area contributed by atoms with Crippen LogP contribution in [0.2, 0.25) is 0 Å². The fourth-order valence-corrected chi connectivity index (χ4v) is 4.30. The van der Waals surface area contributed by atoms with Crippen molar-refractivity contribution in [2.45, 2.75) is 17.7 Å². The molecule has 0 unspecified atom stereocenters. The predicted octanol–water partition coefficient (Wildman–Crippen LogP) is 4.85. The molecule has 0 atom stereocenters. The molecule has 3 heterocycles. The normalized spacial score (nSPS) is 11.3. The van der Waals surface area contributed by atoms with E-state index in [1.807, 2.05) is 30.6 Å². The first-order valence-electron chi connectivity index (χ1n) is 9.01. The van der Waals surface area contributed by atoms with E-state index in [1.165, 1.54) is 26.2 Å². The molecule has 4 aromatic rings. The van der Waals surface area contributed by atoms with Crippen LogP contribution in [0.25, 0.3) is 16.6 Å². The molecule has 12 heteroatoms. The van der Waals surface area contributed by atoms with E-state index in [-0.39, 0.29) is 23.3 Å². The number of rotatable bonds is 8. The van der Waals surface area contributed by atoms with E-state index in [2.05, 4.69) is 40.7 Å². The molecule has 3 aromatic heterocycles. The van der Waals surface area contributed by atoms with Gasteiger partial charge in [-0.1, -0.05) is 6.07 Å². The number of ether oxygens (including phenoxy) is 2. The first-order chi connectivity index (χ1) is 15.0. The van der Waals surface area contributed by atoms with Gasteiger partial charge in [-0.05, 0) is 40.0 Å². The van der Waals surface area contributed by atoms with Gasteiger partial charge < -0.3 is 14.5 Å². The van der Waals surface area contributed by atoms with Crippen molar-refractivity contribution in [3.63, 3.8) is 0 Å². The Labute approximate surface area is 188 Å². The zero-order valence-electron chi connectivity index (χ0n) is 16.4. The van der Waals surface area contributed by atoms with Crippen molar-refractivity contribution in [2.75, 3.05) is 18.9 Å². The minimum atomic E-state index is -2.57. The first-order valence-corrected chi connectivity index (χ1v) is 10.6. The molecule has 8 nitrogen and oxygen atoms in total. The van der Waals surface area contributed by atoms with Gasteiger partial charge >= 0.3 is 0 Å². The molecule has 4 rings (SSSR count). The van der Waals surface area contributed by atoms with E-state index >= 15 is 0 Å². The minimum Gasteiger partial charge on any atom is -0.481 e. The van der Waals surface area contributed by atoms with Crippen molar-refractivity contribution in [3.8, 4) is 17.4 Å². The number of fused-ring (bicyclic) bond motifs is 1. The first kappa shape index (κ1) is 21.4. The SMILES string of the molecule is COc1nc(NSc2c[nH]c3c(-n4cccn4)c(Br)ccc23)nc(OC)c1CC(F)F. The largest absolute Gasteiger partial charge is 0.481 e. The number of aromatic amines is 1. The third-order valence-corrected chi connectivity index (χ3v) is 5.89. The Hall–Kier alpha value is -2.86. The highest BCUT2D eigenvalue weighted by atomic mass is 79.9. The standard InChI is InChI=1S/C19H17BrF2N6O2S/c1-29-17-11(8-14(21)22)18(30-2)26-19(25-17)27-31-13-9-23-15-10(13)4-5-12(20)16(15)28-7-3-6-24-28/h3-7,9,14,23H,8H2,1-2H3,(H,25,26,27). The lowest BCUT2D eigenvalue weighted by Crippen LogP contribution is -2.08. The summed E-state index contributed by atoms with van der Waals surface area (Å²) < 4.78 is 41.8. The van der Waals surface area contributed by atoms with Gasteiger partial charge in [0.25, 0.3) is 0 Å². The van der Waals surface area contributed by atoms with Crippen molar-refractivity contribution in [1.29, 1.82) is 0 Å². The number of aromatic nitrogens is 5. The van der Waals surface area contributed by atoms with Crippen molar-refractivity contribution in [2.24, 2.45) is 0 Å². The van der Waals surface area contributed by atoms with Crippen LogP contribution in [-0.4, -0.2) is 45.4 Å². The monoisotopic (exact) mass is 510 g/mol.